The molecule has 0 aliphatic carbocycles. The number of fused-ring (bicyclic) bond motifs is 1. The molecule has 1 aromatic heterocycles. The Morgan fingerprint density at radius 3 is 2.42 bits per heavy atom. The first-order valence-electron chi connectivity index (χ1n) is 9.05. The van der Waals surface area contributed by atoms with Crippen LogP contribution in [0.25, 0.3) is 11.0 Å². The number of carboxylic acid groups (broad SMARTS) is 1. The summed E-state index contributed by atoms with van der Waals surface area (Å²) in [6, 6.07) is 3.81. The second-order valence-corrected chi connectivity index (χ2v) is 7.33. The average molecular weight is 466 g/mol. The van der Waals surface area contributed by atoms with Crippen LogP contribution < -0.4 is 21.5 Å². The van der Waals surface area contributed by atoms with Gasteiger partial charge in [-0.15, -0.1) is 0 Å². The highest BCUT2D eigenvalue weighted by Gasteiger charge is 2.22. The Morgan fingerprint density at radius 1 is 1.12 bits per heavy atom. The minimum absolute atomic E-state index is 0. The maximum Gasteiger partial charge on any atom is 0.303 e. The van der Waals surface area contributed by atoms with Gasteiger partial charge in [-0.05, 0) is 19.3 Å². The molecule has 7 heteroatoms. The minimum Gasteiger partial charge on any atom is -1.00 e. The summed E-state index contributed by atoms with van der Waals surface area (Å²) in [5.74, 6) is 0.355. The first-order valence-corrected chi connectivity index (χ1v) is 9.80. The number of hydrogen-bond donors (Lipinski definition) is 1. The molecular weight excluding hydrogens is 439 g/mol. The van der Waals surface area contributed by atoms with Crippen LogP contribution in [0.1, 0.15) is 57.7 Å². The van der Waals surface area contributed by atoms with Crippen LogP contribution in [0.3, 0.4) is 0 Å². The summed E-state index contributed by atoms with van der Waals surface area (Å²) in [5.41, 5.74) is 2.09. The number of carboxylic acids is 1. The van der Waals surface area contributed by atoms with Crippen LogP contribution in [0.4, 0.5) is 0 Å². The Balaban J connectivity index is 0.00000338. The van der Waals surface area contributed by atoms with Gasteiger partial charge in [0.25, 0.3) is 5.82 Å². The van der Waals surface area contributed by atoms with E-state index in [9.17, 15) is 4.79 Å². The quantitative estimate of drug-likeness (QED) is 0.432. The molecule has 1 aromatic carbocycles. The first-order chi connectivity index (χ1) is 12.0. The molecule has 4 nitrogen and oxygen atoms in total. The monoisotopic (exact) mass is 464 g/mol. The predicted molar refractivity (Wildman–Crippen MR) is 103 cm³/mol. The number of nitrogens with zero attached hydrogens (tertiary/aromatic N) is 2. The van der Waals surface area contributed by atoms with E-state index in [0.29, 0.717) is 23.0 Å². The number of aromatic nitrogens is 2. The topological polar surface area (TPSA) is 46.1 Å². The molecule has 0 spiro atoms. The van der Waals surface area contributed by atoms with E-state index in [1.54, 1.807) is 0 Å². The van der Waals surface area contributed by atoms with Gasteiger partial charge < -0.3 is 22.1 Å². The van der Waals surface area contributed by atoms with Gasteiger partial charge in [-0.1, -0.05) is 49.4 Å². The lowest BCUT2D eigenvalue weighted by Crippen LogP contribution is -3.00. The van der Waals surface area contributed by atoms with Crippen molar-refractivity contribution < 1.29 is 31.4 Å². The van der Waals surface area contributed by atoms with Crippen LogP contribution >= 0.6 is 23.2 Å². The van der Waals surface area contributed by atoms with Crippen molar-refractivity contribution in [1.82, 2.24) is 4.57 Å². The smallest absolute Gasteiger partial charge is 0.303 e. The molecule has 0 radical (unpaired) electrons. The highest BCUT2D eigenvalue weighted by molar-refractivity contribution is 6.42. The molecule has 26 heavy (non-hydrogen) atoms. The molecule has 0 amide bonds. The van der Waals surface area contributed by atoms with Gasteiger partial charge in [-0.3, -0.25) is 4.79 Å². The molecule has 0 saturated carbocycles. The highest BCUT2D eigenvalue weighted by Crippen LogP contribution is 2.28. The molecule has 1 N–H and O–H groups in total. The van der Waals surface area contributed by atoms with Gasteiger partial charge in [0.05, 0.1) is 23.1 Å². The average Bonchev–Trinajstić information content (AvgIpc) is 2.80. The van der Waals surface area contributed by atoms with Gasteiger partial charge in [0.15, 0.2) is 11.0 Å². The van der Waals surface area contributed by atoms with Crippen molar-refractivity contribution in [1.29, 1.82) is 0 Å². The molecule has 146 valence electrons. The third kappa shape index (κ3) is 5.86. The maximum atomic E-state index is 10.8. The van der Waals surface area contributed by atoms with Crippen LogP contribution in [-0.2, 0) is 17.9 Å². The molecule has 0 unspecified atom stereocenters. The van der Waals surface area contributed by atoms with Crippen LogP contribution in [0.2, 0.25) is 10.0 Å². The summed E-state index contributed by atoms with van der Waals surface area (Å²) < 4.78 is 4.44. The first kappa shape index (κ1) is 23.3. The summed E-state index contributed by atoms with van der Waals surface area (Å²) in [6.07, 6.45) is 6.88. The third-order valence-corrected chi connectivity index (χ3v) is 5.36. The van der Waals surface area contributed by atoms with E-state index in [-0.39, 0.29) is 23.4 Å². The van der Waals surface area contributed by atoms with E-state index in [1.165, 1.54) is 25.7 Å². The van der Waals surface area contributed by atoms with E-state index in [1.807, 2.05) is 12.1 Å². The predicted octanol–water partition coefficient (Wildman–Crippen LogP) is 2.38. The van der Waals surface area contributed by atoms with Crippen molar-refractivity contribution in [2.75, 3.05) is 0 Å². The zero-order chi connectivity index (χ0) is 18.4. The van der Waals surface area contributed by atoms with Gasteiger partial charge in [0.2, 0.25) is 0 Å². The number of unbranched alkanes of at least 4 members (excludes halogenated alkanes) is 4. The molecule has 0 saturated heterocycles. The lowest BCUT2D eigenvalue weighted by Gasteiger charge is -2.02. The van der Waals surface area contributed by atoms with E-state index >= 15 is 0 Å². The van der Waals surface area contributed by atoms with Crippen LogP contribution in [0.5, 0.6) is 0 Å². The molecule has 0 aliphatic heterocycles. The SMILES string of the molecule is CCCCCCCn1c(C)[n+](CCCC(=O)O)c2cc(Cl)c(Cl)cc21.[Br-]. The lowest BCUT2D eigenvalue weighted by molar-refractivity contribution is -0.678. The van der Waals surface area contributed by atoms with Gasteiger partial charge in [-0.25, -0.2) is 9.13 Å². The molecule has 0 aliphatic rings. The van der Waals surface area contributed by atoms with Crippen molar-refractivity contribution >= 4 is 40.2 Å². The Bertz CT molecular complexity index is 747. The summed E-state index contributed by atoms with van der Waals surface area (Å²) in [6.45, 7) is 5.90. The van der Waals surface area contributed by atoms with E-state index in [2.05, 4.69) is 23.0 Å². The van der Waals surface area contributed by atoms with Gasteiger partial charge >= 0.3 is 5.97 Å². The fourth-order valence-corrected chi connectivity index (χ4v) is 3.59. The van der Waals surface area contributed by atoms with Crippen molar-refractivity contribution in [2.45, 2.75) is 71.9 Å². The number of aryl methyl sites for hydroxylation is 2. The number of benzene rings is 1. The summed E-state index contributed by atoms with van der Waals surface area (Å²) in [5, 5.41) is 9.98. The number of carbonyl (C=O) groups is 1. The van der Waals surface area contributed by atoms with Crippen molar-refractivity contribution in [3.63, 3.8) is 0 Å². The summed E-state index contributed by atoms with van der Waals surface area (Å²) in [7, 11) is 0. The van der Waals surface area contributed by atoms with Crippen LogP contribution in [0, 0.1) is 6.92 Å². The molecule has 0 bridgehead atoms. The molecule has 1 heterocycles. The molecule has 0 fully saturated rings. The van der Waals surface area contributed by atoms with Crippen molar-refractivity contribution in [2.24, 2.45) is 0 Å². The maximum absolute atomic E-state index is 10.8. The van der Waals surface area contributed by atoms with E-state index < -0.39 is 5.97 Å². The molecule has 2 rings (SSSR count). The number of hydrogen-bond acceptors (Lipinski definition) is 1. The normalized spacial score (nSPS) is 10.9. The Labute approximate surface area is 175 Å². The second-order valence-electron chi connectivity index (χ2n) is 6.52. The summed E-state index contributed by atoms with van der Waals surface area (Å²) >= 11 is 12.5. The number of halogens is 3. The van der Waals surface area contributed by atoms with Crippen molar-refractivity contribution in [3.8, 4) is 0 Å². The zero-order valence-corrected chi connectivity index (χ0v) is 18.5. The van der Waals surface area contributed by atoms with Crippen molar-refractivity contribution in [3.05, 3.63) is 28.0 Å². The van der Waals surface area contributed by atoms with E-state index in [4.69, 9.17) is 28.3 Å². The largest absolute Gasteiger partial charge is 1.00 e. The van der Waals surface area contributed by atoms with Gasteiger partial charge in [-0.2, -0.15) is 0 Å². The third-order valence-electron chi connectivity index (χ3n) is 4.64. The van der Waals surface area contributed by atoms with Gasteiger partial charge in [0.1, 0.15) is 0 Å². The lowest BCUT2D eigenvalue weighted by atomic mass is 10.1. The molecule has 2 aromatic rings. The fraction of sp³-hybridized carbons (Fsp3) is 0.579. The second kappa shape index (κ2) is 11.2. The Kier molecular flexibility index (Phi) is 9.98. The van der Waals surface area contributed by atoms with Gasteiger partial charge in [0, 0.05) is 25.5 Å². The molecular formula is C19H27BrCl2N2O2. The molecule has 0 atom stereocenters. The Hall–Kier alpha value is -0.780. The minimum atomic E-state index is -0.765. The Morgan fingerprint density at radius 2 is 1.77 bits per heavy atom. The number of rotatable bonds is 10. The standard InChI is InChI=1S/C19H26Cl2N2O2.BrH/c1-3-4-5-6-7-10-22-14(2)23(11-8-9-19(24)25)18-13-16(21)15(20)12-17(18)22;/h12-13H,3-11H2,1-2H3;1H. The van der Waals surface area contributed by atoms with Crippen LogP contribution in [0.15, 0.2) is 12.1 Å². The number of aliphatic carboxylic acids is 1. The van der Waals surface area contributed by atoms with Crippen LogP contribution in [-0.4, -0.2) is 15.6 Å². The highest BCUT2D eigenvalue weighted by atomic mass is 79.9. The number of imidazole rings is 1. The zero-order valence-electron chi connectivity index (χ0n) is 15.4. The fourth-order valence-electron chi connectivity index (χ4n) is 3.28. The summed E-state index contributed by atoms with van der Waals surface area (Å²) in [4.78, 5) is 10.8. The van der Waals surface area contributed by atoms with E-state index in [0.717, 1.165) is 29.8 Å².